The summed E-state index contributed by atoms with van der Waals surface area (Å²) < 4.78 is 16.6. The number of amides is 2. The van der Waals surface area contributed by atoms with Crippen molar-refractivity contribution >= 4 is 17.9 Å². The van der Waals surface area contributed by atoms with Gasteiger partial charge in [-0.15, -0.1) is 0 Å². The molecule has 2 fully saturated rings. The van der Waals surface area contributed by atoms with E-state index in [2.05, 4.69) is 16.0 Å². The molecule has 12 nitrogen and oxygen atoms in total. The Kier molecular flexibility index (Phi) is 8.52. The summed E-state index contributed by atoms with van der Waals surface area (Å²) in [4.78, 5) is 39.1. The Labute approximate surface area is 227 Å². The number of hydrogen-bond acceptors (Lipinski definition) is 10. The number of likely N-dealkylation sites (N-methyl/N-ethyl adjacent to an activating group) is 1. The van der Waals surface area contributed by atoms with Crippen molar-refractivity contribution in [1.29, 1.82) is 5.26 Å². The van der Waals surface area contributed by atoms with Crippen LogP contribution in [0.4, 0.5) is 10.7 Å². The molecule has 0 spiro atoms. The van der Waals surface area contributed by atoms with Crippen LogP contribution < -0.4 is 9.64 Å². The highest BCUT2D eigenvalue weighted by molar-refractivity contribution is 5.94. The number of aromatic nitrogens is 2. The number of aliphatic hydroxyl groups excluding tert-OH is 1. The Bertz CT molecular complexity index is 1230. The molecule has 3 heterocycles. The maximum absolute atomic E-state index is 12.6. The van der Waals surface area contributed by atoms with Crippen molar-refractivity contribution < 1.29 is 28.9 Å². The van der Waals surface area contributed by atoms with Crippen LogP contribution in [0.3, 0.4) is 0 Å². The highest BCUT2D eigenvalue weighted by atomic mass is 16.6. The van der Waals surface area contributed by atoms with E-state index in [1.165, 1.54) is 11.0 Å². The van der Waals surface area contributed by atoms with Gasteiger partial charge in [0.15, 0.2) is 11.4 Å². The summed E-state index contributed by atoms with van der Waals surface area (Å²) in [7, 11) is 1.60. The zero-order valence-corrected chi connectivity index (χ0v) is 22.7. The third-order valence-electron chi connectivity index (χ3n) is 6.66. The molecule has 1 aromatic heterocycles. The number of hydrogen-bond donors (Lipinski definition) is 1. The molecular formula is C27H34N6O6. The van der Waals surface area contributed by atoms with E-state index in [9.17, 15) is 20.0 Å². The molecule has 2 aliphatic heterocycles. The monoisotopic (exact) mass is 538 g/mol. The van der Waals surface area contributed by atoms with Crippen molar-refractivity contribution in [2.45, 2.75) is 45.1 Å². The van der Waals surface area contributed by atoms with Crippen molar-refractivity contribution in [3.05, 3.63) is 47.3 Å². The van der Waals surface area contributed by atoms with Crippen molar-refractivity contribution in [1.82, 2.24) is 19.8 Å². The van der Waals surface area contributed by atoms with Gasteiger partial charge in [0.25, 0.3) is 5.91 Å². The maximum atomic E-state index is 12.6. The second-order valence-corrected chi connectivity index (χ2v) is 10.3. The summed E-state index contributed by atoms with van der Waals surface area (Å²) in [5.74, 6) is 0.687. The standard InChI is InChI=1S/C27H34N6O6/c1-18-13-32(26(36)39-27(3)16-37-17-27)7-8-33(18)25-29-11-23(12-30-25)38-15-21-6-5-20(9-22(21)10-28)24(35)31(4)14-19(2)34/h5-6,9,11-12,18-19,34H,7-8,13-17H2,1-4H3/t18-,19?/m1/s1. The number of anilines is 1. The summed E-state index contributed by atoms with van der Waals surface area (Å²) in [6, 6.07) is 6.94. The van der Waals surface area contributed by atoms with Crippen LogP contribution in [-0.2, 0) is 16.1 Å². The van der Waals surface area contributed by atoms with E-state index in [4.69, 9.17) is 14.2 Å². The predicted molar refractivity (Wildman–Crippen MR) is 140 cm³/mol. The molecule has 1 aromatic carbocycles. The molecule has 2 saturated heterocycles. The summed E-state index contributed by atoms with van der Waals surface area (Å²) in [5, 5.41) is 19.1. The molecule has 12 heteroatoms. The maximum Gasteiger partial charge on any atom is 0.410 e. The van der Waals surface area contributed by atoms with Gasteiger partial charge in [-0.1, -0.05) is 6.07 Å². The first-order chi connectivity index (χ1) is 18.6. The highest BCUT2D eigenvalue weighted by Gasteiger charge is 2.40. The Morgan fingerprint density at radius 1 is 1.31 bits per heavy atom. The second kappa shape index (κ2) is 11.8. The first kappa shape index (κ1) is 28.1. The molecule has 208 valence electrons. The lowest BCUT2D eigenvalue weighted by Gasteiger charge is -2.42. The second-order valence-electron chi connectivity index (χ2n) is 10.3. The normalized spacial score (nSPS) is 18.9. The van der Waals surface area contributed by atoms with Crippen molar-refractivity contribution in [3.63, 3.8) is 0 Å². The third-order valence-corrected chi connectivity index (χ3v) is 6.66. The average molecular weight is 539 g/mol. The topological polar surface area (TPSA) is 141 Å². The number of carbonyl (C=O) groups is 2. The van der Waals surface area contributed by atoms with Gasteiger partial charge in [0, 0.05) is 50.4 Å². The molecule has 0 aliphatic carbocycles. The van der Waals surface area contributed by atoms with Gasteiger partial charge in [0.1, 0.15) is 6.61 Å². The number of nitrogens with zero attached hydrogens (tertiary/aromatic N) is 6. The summed E-state index contributed by atoms with van der Waals surface area (Å²) in [6.07, 6.45) is 2.16. The molecule has 2 aromatic rings. The van der Waals surface area contributed by atoms with E-state index >= 15 is 0 Å². The molecule has 39 heavy (non-hydrogen) atoms. The molecule has 0 saturated carbocycles. The zero-order chi connectivity index (χ0) is 28.2. The third kappa shape index (κ3) is 6.74. The zero-order valence-electron chi connectivity index (χ0n) is 22.7. The molecule has 4 rings (SSSR count). The number of piperazine rings is 1. The van der Waals surface area contributed by atoms with Crippen LogP contribution in [0.15, 0.2) is 30.6 Å². The minimum absolute atomic E-state index is 0.0115. The van der Waals surface area contributed by atoms with E-state index in [0.29, 0.717) is 61.2 Å². The summed E-state index contributed by atoms with van der Waals surface area (Å²) in [6.45, 7) is 8.14. The summed E-state index contributed by atoms with van der Waals surface area (Å²) >= 11 is 0. The lowest BCUT2D eigenvalue weighted by atomic mass is 10.0. The van der Waals surface area contributed by atoms with Gasteiger partial charge in [-0.25, -0.2) is 14.8 Å². The van der Waals surface area contributed by atoms with Gasteiger partial charge in [-0.3, -0.25) is 4.79 Å². The van der Waals surface area contributed by atoms with Crippen molar-refractivity contribution in [3.8, 4) is 11.8 Å². The van der Waals surface area contributed by atoms with E-state index in [1.807, 2.05) is 18.7 Å². The van der Waals surface area contributed by atoms with Crippen LogP contribution >= 0.6 is 0 Å². The SMILES string of the molecule is CC(O)CN(C)C(=O)c1ccc(COc2cnc(N3CCN(C(=O)OC4(C)COC4)C[C@H]3C)nc2)c(C#N)c1. The first-order valence-corrected chi connectivity index (χ1v) is 12.8. The van der Waals surface area contributed by atoms with E-state index < -0.39 is 11.7 Å². The number of nitriles is 1. The van der Waals surface area contributed by atoms with Gasteiger partial charge < -0.3 is 34.0 Å². The fourth-order valence-electron chi connectivity index (χ4n) is 4.48. The van der Waals surface area contributed by atoms with Crippen LogP contribution in [0.25, 0.3) is 0 Å². The quantitative estimate of drug-likeness (QED) is 0.529. The van der Waals surface area contributed by atoms with E-state index in [-0.39, 0.29) is 31.2 Å². The molecule has 0 radical (unpaired) electrons. The van der Waals surface area contributed by atoms with Gasteiger partial charge in [-0.05, 0) is 32.9 Å². The lowest BCUT2D eigenvalue weighted by Crippen LogP contribution is -2.57. The van der Waals surface area contributed by atoms with Gasteiger partial charge in [0.05, 0.1) is 43.3 Å². The predicted octanol–water partition coefficient (Wildman–Crippen LogP) is 1.82. The molecule has 2 atom stereocenters. The Morgan fingerprint density at radius 2 is 2.03 bits per heavy atom. The van der Waals surface area contributed by atoms with Crippen LogP contribution in [0, 0.1) is 11.3 Å². The van der Waals surface area contributed by atoms with Crippen LogP contribution in [0.5, 0.6) is 5.75 Å². The van der Waals surface area contributed by atoms with E-state index in [0.717, 1.165) is 0 Å². The molecule has 2 aliphatic rings. The first-order valence-electron chi connectivity index (χ1n) is 12.8. The molecule has 1 N–H and O–H groups in total. The van der Waals surface area contributed by atoms with Crippen molar-refractivity contribution in [2.75, 3.05) is 51.3 Å². The Morgan fingerprint density at radius 3 is 2.62 bits per heavy atom. The minimum Gasteiger partial charge on any atom is -0.486 e. The Balaban J connectivity index is 1.32. The number of benzene rings is 1. The minimum atomic E-state index is -0.650. The van der Waals surface area contributed by atoms with Crippen LogP contribution in [0.1, 0.15) is 42.3 Å². The van der Waals surface area contributed by atoms with Gasteiger partial charge >= 0.3 is 6.09 Å². The van der Waals surface area contributed by atoms with Gasteiger partial charge in [-0.2, -0.15) is 5.26 Å². The number of ether oxygens (including phenoxy) is 3. The molecule has 1 unspecified atom stereocenters. The molecule has 0 bridgehead atoms. The lowest BCUT2D eigenvalue weighted by molar-refractivity contribution is -0.172. The fourth-order valence-corrected chi connectivity index (χ4v) is 4.48. The molecule has 2 amide bonds. The van der Waals surface area contributed by atoms with E-state index in [1.54, 1.807) is 43.4 Å². The number of aliphatic hydroxyl groups is 1. The smallest absolute Gasteiger partial charge is 0.410 e. The Hall–Kier alpha value is -3.95. The average Bonchev–Trinajstić information content (AvgIpc) is 2.90. The highest BCUT2D eigenvalue weighted by Crippen LogP contribution is 2.24. The number of carbonyl (C=O) groups excluding carboxylic acids is 2. The van der Waals surface area contributed by atoms with Crippen molar-refractivity contribution in [2.24, 2.45) is 0 Å². The van der Waals surface area contributed by atoms with Crippen LogP contribution in [-0.4, -0.2) is 101 Å². The number of rotatable bonds is 8. The summed E-state index contributed by atoms with van der Waals surface area (Å²) in [5.41, 5.74) is 0.766. The molecular weight excluding hydrogens is 504 g/mol. The van der Waals surface area contributed by atoms with Gasteiger partial charge in [0.2, 0.25) is 5.95 Å². The largest absolute Gasteiger partial charge is 0.486 e. The van der Waals surface area contributed by atoms with Crippen LogP contribution in [0.2, 0.25) is 0 Å². The fraction of sp³-hybridized carbons (Fsp3) is 0.519.